The summed E-state index contributed by atoms with van der Waals surface area (Å²) in [4.78, 5) is 17.0. The van der Waals surface area contributed by atoms with Crippen molar-refractivity contribution >= 4 is 9.17 Å². The van der Waals surface area contributed by atoms with E-state index < -0.39 is 9.17 Å². The third-order valence-corrected chi connectivity index (χ3v) is 0. The molecule has 0 aliphatic heterocycles. The first-order valence-corrected chi connectivity index (χ1v) is 1.84. The van der Waals surface area contributed by atoms with Crippen molar-refractivity contribution in [2.75, 3.05) is 0 Å². The van der Waals surface area contributed by atoms with Crippen LogP contribution in [0.3, 0.4) is 0 Å². The van der Waals surface area contributed by atoms with E-state index in [0.717, 1.165) is 0 Å². The Hall–Kier alpha value is 0.617. The van der Waals surface area contributed by atoms with Crippen molar-refractivity contribution in [3.8, 4) is 0 Å². The fourth-order valence-corrected chi connectivity index (χ4v) is 0. The van der Waals surface area contributed by atoms with E-state index >= 15 is 0 Å². The molecule has 0 heterocycles. The van der Waals surface area contributed by atoms with Gasteiger partial charge < -0.3 is 14.1 Å². The minimum absolute atomic E-state index is 0. The topological polar surface area (TPSA) is 63.2 Å². The second-order valence-electron chi connectivity index (χ2n) is 0.250. The largest absolute Gasteiger partial charge is 1.00 e. The minimum Gasteiger partial charge on any atom is -0.672 e. The normalized spacial score (nSPS) is 4.80. The van der Waals surface area contributed by atoms with Gasteiger partial charge in [0.1, 0.15) is 0 Å². The predicted octanol–water partition coefficient (Wildman–Crippen LogP) is -5.76. The number of hydrogen-bond acceptors (Lipinski definition) is 3. The Morgan fingerprint density at radius 2 is 1.60 bits per heavy atom. The molecule has 0 aromatic heterocycles. The molecule has 0 aromatic rings. The maximum atomic E-state index is 8.52. The molecular formula is HNaO3Si. The standard InChI is InChI=1S/Na.O3Si/c;1-4(2)3/q+1;-2/p+1. The summed E-state index contributed by atoms with van der Waals surface area (Å²) < 4.78 is 8.52. The quantitative estimate of drug-likeness (QED) is 0.285. The van der Waals surface area contributed by atoms with Gasteiger partial charge in [-0.25, -0.2) is 0 Å². The Kier molecular flexibility index (Phi) is 8.45. The molecule has 5 heavy (non-hydrogen) atoms. The number of rotatable bonds is 0. The zero-order chi connectivity index (χ0) is 3.58. The summed E-state index contributed by atoms with van der Waals surface area (Å²) in [5.74, 6) is 0. The molecule has 0 radical (unpaired) electrons. The van der Waals surface area contributed by atoms with E-state index in [-0.39, 0.29) is 31.0 Å². The SMILES string of the molecule is O=[Si]([O-])[O-].[H+].[Na+]. The van der Waals surface area contributed by atoms with Crippen LogP contribution in [0.2, 0.25) is 0 Å². The molecule has 0 aliphatic rings. The van der Waals surface area contributed by atoms with Crippen LogP contribution in [0.5, 0.6) is 0 Å². The van der Waals surface area contributed by atoms with Gasteiger partial charge in [0, 0.05) is 9.17 Å². The second-order valence-corrected chi connectivity index (χ2v) is 0.750. The van der Waals surface area contributed by atoms with Gasteiger partial charge in [-0.1, -0.05) is 0 Å². The Balaban J connectivity index is -0.0000000450. The van der Waals surface area contributed by atoms with Gasteiger partial charge >= 0.3 is 31.0 Å². The van der Waals surface area contributed by atoms with Crippen LogP contribution in [0.1, 0.15) is 1.43 Å². The summed E-state index contributed by atoms with van der Waals surface area (Å²) >= 11 is 0. The van der Waals surface area contributed by atoms with Crippen LogP contribution in [0, 0.1) is 0 Å². The van der Waals surface area contributed by atoms with Crippen molar-refractivity contribution in [2.24, 2.45) is 0 Å². The van der Waals surface area contributed by atoms with E-state index in [1.54, 1.807) is 0 Å². The fourth-order valence-electron chi connectivity index (χ4n) is 0. The van der Waals surface area contributed by atoms with Crippen LogP contribution < -0.4 is 39.1 Å². The van der Waals surface area contributed by atoms with Crippen molar-refractivity contribution in [3.63, 3.8) is 0 Å². The molecule has 0 atom stereocenters. The fraction of sp³-hybridized carbons (Fsp3) is 0. The number of hydrogen-bond donors (Lipinski definition) is 0. The molecule has 0 saturated heterocycles. The first-order valence-electron chi connectivity index (χ1n) is 0.612. The van der Waals surface area contributed by atoms with E-state index in [2.05, 4.69) is 0 Å². The van der Waals surface area contributed by atoms with Crippen LogP contribution >= 0.6 is 0 Å². The van der Waals surface area contributed by atoms with E-state index in [1.807, 2.05) is 0 Å². The average Bonchev–Trinajstić information content (AvgIpc) is 0.811. The van der Waals surface area contributed by atoms with Crippen molar-refractivity contribution in [3.05, 3.63) is 0 Å². The smallest absolute Gasteiger partial charge is 0.672 e. The van der Waals surface area contributed by atoms with Crippen molar-refractivity contribution in [2.45, 2.75) is 0 Å². The zero-order valence-corrected chi connectivity index (χ0v) is 5.72. The van der Waals surface area contributed by atoms with Gasteiger partial charge in [-0.2, -0.15) is 0 Å². The van der Waals surface area contributed by atoms with Crippen molar-refractivity contribution in [1.29, 1.82) is 0 Å². The maximum Gasteiger partial charge on any atom is 1.00 e. The zero-order valence-electron chi connectivity index (χ0n) is 3.72. The molecule has 0 aliphatic carbocycles. The van der Waals surface area contributed by atoms with Crippen LogP contribution in [0.4, 0.5) is 0 Å². The Bertz CT molecular complexity index is 33.8. The van der Waals surface area contributed by atoms with E-state index in [4.69, 9.17) is 14.1 Å². The molecule has 0 unspecified atom stereocenters. The van der Waals surface area contributed by atoms with Crippen LogP contribution in [0.15, 0.2) is 0 Å². The predicted molar refractivity (Wildman–Crippen MR) is 7.55 cm³/mol. The minimum atomic E-state index is -3.63. The molecule has 0 saturated carbocycles. The molecule has 0 rings (SSSR count). The van der Waals surface area contributed by atoms with Gasteiger partial charge in [0.2, 0.25) is 0 Å². The second kappa shape index (κ2) is 4.62. The van der Waals surface area contributed by atoms with E-state index in [0.29, 0.717) is 0 Å². The van der Waals surface area contributed by atoms with Gasteiger partial charge in [0.15, 0.2) is 0 Å². The first kappa shape index (κ1) is 9.15. The average molecular weight is 100 g/mol. The van der Waals surface area contributed by atoms with Gasteiger partial charge in [-0.05, 0) is 0 Å². The summed E-state index contributed by atoms with van der Waals surface area (Å²) in [7, 11) is -3.63. The van der Waals surface area contributed by atoms with Crippen LogP contribution in [-0.2, 0) is 4.46 Å². The van der Waals surface area contributed by atoms with Gasteiger partial charge in [-0.15, -0.1) is 0 Å². The van der Waals surface area contributed by atoms with Gasteiger partial charge in [0.25, 0.3) is 0 Å². The molecule has 5 heteroatoms. The summed E-state index contributed by atoms with van der Waals surface area (Å²) in [6, 6.07) is 0. The molecule has 3 nitrogen and oxygen atoms in total. The van der Waals surface area contributed by atoms with Crippen LogP contribution in [-0.4, -0.2) is 9.17 Å². The summed E-state index contributed by atoms with van der Waals surface area (Å²) in [6.45, 7) is 0. The third-order valence-electron chi connectivity index (χ3n) is 0. The van der Waals surface area contributed by atoms with Crippen molar-refractivity contribution in [1.82, 2.24) is 0 Å². The molecule has 0 bridgehead atoms. The molecular weight excluding hydrogens is 99.1 g/mol. The molecule has 0 N–H and O–H groups in total. The Morgan fingerprint density at radius 3 is 1.60 bits per heavy atom. The molecule has 24 valence electrons. The Labute approximate surface area is 54.3 Å². The maximum absolute atomic E-state index is 8.52. The third kappa shape index (κ3) is 83.1. The van der Waals surface area contributed by atoms with Crippen LogP contribution in [0.25, 0.3) is 0 Å². The Morgan fingerprint density at radius 1 is 1.60 bits per heavy atom. The summed E-state index contributed by atoms with van der Waals surface area (Å²) in [5.41, 5.74) is 0. The van der Waals surface area contributed by atoms with Crippen molar-refractivity contribution < 1.29 is 45.0 Å². The summed E-state index contributed by atoms with van der Waals surface area (Å²) in [6.07, 6.45) is 0. The first-order chi connectivity index (χ1) is 1.73. The van der Waals surface area contributed by atoms with Gasteiger partial charge in [-0.3, -0.25) is 0 Å². The molecule has 0 amide bonds. The molecule has 0 fully saturated rings. The van der Waals surface area contributed by atoms with Gasteiger partial charge in [0.05, 0.1) is 0 Å². The van der Waals surface area contributed by atoms with E-state index in [1.165, 1.54) is 0 Å². The monoisotopic (exact) mass is 100.0 g/mol. The molecule has 0 aromatic carbocycles. The van der Waals surface area contributed by atoms with E-state index in [9.17, 15) is 0 Å². The summed E-state index contributed by atoms with van der Waals surface area (Å²) in [5, 5.41) is 0. The molecule has 0 spiro atoms.